The smallest absolute Gasteiger partial charge is 0.109 e. The lowest BCUT2D eigenvalue weighted by atomic mass is 10.4. The normalized spacial score (nSPS) is 10.9. The fourth-order valence-corrected chi connectivity index (χ4v) is 1.30. The van der Waals surface area contributed by atoms with E-state index in [0.717, 1.165) is 24.3 Å². The lowest BCUT2D eigenvalue weighted by Gasteiger charge is -2.31. The molecule has 0 bridgehead atoms. The average Bonchev–Trinajstić information content (AvgIpc) is 2.01. The first kappa shape index (κ1) is 14.0. The molecule has 0 N–H and O–H groups in total. The van der Waals surface area contributed by atoms with Crippen LogP contribution in [0.25, 0.3) is 0 Å². The first-order valence-corrected chi connectivity index (χ1v) is 4.16. The number of hydroxylamine groups is 3. The zero-order valence-electron chi connectivity index (χ0n) is 8.06. The van der Waals surface area contributed by atoms with Crippen molar-refractivity contribution >= 4 is 0 Å². The summed E-state index contributed by atoms with van der Waals surface area (Å²) in [5.41, 5.74) is 0. The van der Waals surface area contributed by atoms with E-state index in [1.54, 1.807) is 7.11 Å². The summed E-state index contributed by atoms with van der Waals surface area (Å²) in [6.45, 7) is 9.80. The van der Waals surface area contributed by atoms with Gasteiger partial charge in [0.15, 0.2) is 0 Å². The molecule has 0 saturated carbocycles. The molecule has 0 heterocycles. The van der Waals surface area contributed by atoms with Crippen LogP contribution in [0, 0.1) is 0 Å². The molecule has 3 heteroatoms. The van der Waals surface area contributed by atoms with Crippen LogP contribution in [0.1, 0.15) is 27.2 Å². The first-order chi connectivity index (χ1) is 4.74. The molecule has 0 saturated heterocycles. The zero-order valence-corrected chi connectivity index (χ0v) is 9.65. The molecule has 0 aliphatic heterocycles. The van der Waals surface area contributed by atoms with Gasteiger partial charge in [-0.2, -0.15) is 4.65 Å². The second-order valence-electron chi connectivity index (χ2n) is 2.60. The van der Waals surface area contributed by atoms with E-state index in [2.05, 4.69) is 20.8 Å². The predicted molar refractivity (Wildman–Crippen MR) is 43.5 cm³/mol. The van der Waals surface area contributed by atoms with Crippen molar-refractivity contribution in [2.45, 2.75) is 27.2 Å². The van der Waals surface area contributed by atoms with Crippen molar-refractivity contribution in [3.63, 3.8) is 0 Å². The number of quaternary nitrogens is 1. The van der Waals surface area contributed by atoms with Crippen molar-refractivity contribution < 1.29 is 26.5 Å². The van der Waals surface area contributed by atoms with E-state index in [1.165, 1.54) is 6.42 Å². The maximum Gasteiger partial charge on any atom is 0.109 e. The second-order valence-corrected chi connectivity index (χ2v) is 2.60. The number of nitrogens with zero attached hydrogens (tertiary/aromatic N) is 1. The molecule has 0 amide bonds. The molecule has 0 aromatic carbocycles. The molecular formula is C8H20BrNO. The van der Waals surface area contributed by atoms with Crippen molar-refractivity contribution in [3.05, 3.63) is 0 Å². The Bertz CT molecular complexity index is 75.9. The van der Waals surface area contributed by atoms with Crippen LogP contribution < -0.4 is 17.0 Å². The molecule has 0 rings (SSSR count). The maximum atomic E-state index is 5.41. The highest BCUT2D eigenvalue weighted by Gasteiger charge is 2.21. The van der Waals surface area contributed by atoms with E-state index in [9.17, 15) is 0 Å². The maximum absolute atomic E-state index is 5.41. The van der Waals surface area contributed by atoms with E-state index in [1.807, 2.05) is 0 Å². The molecule has 11 heavy (non-hydrogen) atoms. The standard InChI is InChI=1S/C8H20NO.BrH/c1-5-8-9(6-2,7-3)10-4;/h5-8H2,1-4H3;1H/q+1;/p-1. The first-order valence-electron chi connectivity index (χ1n) is 4.16. The highest BCUT2D eigenvalue weighted by Crippen LogP contribution is 2.06. The molecular weight excluding hydrogens is 206 g/mol. The lowest BCUT2D eigenvalue weighted by molar-refractivity contribution is -1.10. The van der Waals surface area contributed by atoms with Gasteiger partial charge in [-0.25, -0.2) is 4.84 Å². The number of halogens is 1. The number of hydrogen-bond acceptors (Lipinski definition) is 1. The molecule has 70 valence electrons. The summed E-state index contributed by atoms with van der Waals surface area (Å²) >= 11 is 0. The van der Waals surface area contributed by atoms with Gasteiger partial charge in [0.2, 0.25) is 0 Å². The molecule has 0 aliphatic rings. The summed E-state index contributed by atoms with van der Waals surface area (Å²) < 4.78 is 0.802. The third-order valence-electron chi connectivity index (χ3n) is 2.17. The summed E-state index contributed by atoms with van der Waals surface area (Å²) in [7, 11) is 1.79. The van der Waals surface area contributed by atoms with Gasteiger partial charge >= 0.3 is 0 Å². The SMILES string of the molecule is CCC[N+](CC)(CC)OC.[Br-]. The Kier molecular flexibility index (Phi) is 8.97. The van der Waals surface area contributed by atoms with Gasteiger partial charge in [-0.05, 0) is 20.3 Å². The summed E-state index contributed by atoms with van der Waals surface area (Å²) in [4.78, 5) is 5.41. The second kappa shape index (κ2) is 7.07. The predicted octanol–water partition coefficient (Wildman–Crippen LogP) is -1.18. The van der Waals surface area contributed by atoms with Crippen LogP contribution in [0.4, 0.5) is 0 Å². The van der Waals surface area contributed by atoms with Crippen molar-refractivity contribution in [1.82, 2.24) is 0 Å². The molecule has 0 aliphatic carbocycles. The number of hydrogen-bond donors (Lipinski definition) is 0. The van der Waals surface area contributed by atoms with Crippen molar-refractivity contribution in [2.75, 3.05) is 26.7 Å². The van der Waals surface area contributed by atoms with Crippen LogP contribution in [0.2, 0.25) is 0 Å². The average molecular weight is 226 g/mol. The monoisotopic (exact) mass is 225 g/mol. The molecule has 0 fully saturated rings. The van der Waals surface area contributed by atoms with Gasteiger partial charge in [0.1, 0.15) is 19.6 Å². The van der Waals surface area contributed by atoms with Gasteiger partial charge < -0.3 is 17.0 Å². The van der Waals surface area contributed by atoms with E-state index in [-0.39, 0.29) is 17.0 Å². The van der Waals surface area contributed by atoms with Gasteiger partial charge in [-0.3, -0.25) is 0 Å². The van der Waals surface area contributed by atoms with Crippen LogP contribution in [-0.2, 0) is 4.84 Å². The van der Waals surface area contributed by atoms with Gasteiger partial charge in [-0.1, -0.05) is 6.92 Å². The Morgan fingerprint density at radius 2 is 1.55 bits per heavy atom. The van der Waals surface area contributed by atoms with Gasteiger partial charge in [0.05, 0.1) is 7.11 Å². The van der Waals surface area contributed by atoms with E-state index >= 15 is 0 Å². The largest absolute Gasteiger partial charge is 1.00 e. The Morgan fingerprint density at radius 3 is 1.64 bits per heavy atom. The quantitative estimate of drug-likeness (QED) is 0.423. The Morgan fingerprint density at radius 1 is 1.09 bits per heavy atom. The highest BCUT2D eigenvalue weighted by atomic mass is 79.9. The molecule has 0 spiro atoms. The minimum absolute atomic E-state index is 0. The Balaban J connectivity index is 0. The van der Waals surface area contributed by atoms with Crippen LogP contribution in [-0.4, -0.2) is 31.4 Å². The van der Waals surface area contributed by atoms with Crippen LogP contribution in [0.15, 0.2) is 0 Å². The minimum Gasteiger partial charge on any atom is -1.00 e. The fraction of sp³-hybridized carbons (Fsp3) is 1.00. The third-order valence-corrected chi connectivity index (χ3v) is 2.17. The molecule has 0 aromatic heterocycles. The molecule has 0 aromatic rings. The minimum atomic E-state index is 0. The summed E-state index contributed by atoms with van der Waals surface area (Å²) in [6, 6.07) is 0. The molecule has 2 nitrogen and oxygen atoms in total. The van der Waals surface area contributed by atoms with E-state index in [4.69, 9.17) is 4.84 Å². The van der Waals surface area contributed by atoms with Crippen LogP contribution in [0.5, 0.6) is 0 Å². The van der Waals surface area contributed by atoms with E-state index < -0.39 is 0 Å². The van der Waals surface area contributed by atoms with Crippen molar-refractivity contribution in [3.8, 4) is 0 Å². The fourth-order valence-electron chi connectivity index (χ4n) is 1.30. The lowest BCUT2D eigenvalue weighted by Crippen LogP contribution is -3.00. The molecule has 0 radical (unpaired) electrons. The Labute approximate surface area is 80.8 Å². The summed E-state index contributed by atoms with van der Waals surface area (Å²) in [5, 5.41) is 0. The van der Waals surface area contributed by atoms with E-state index in [0.29, 0.717) is 0 Å². The molecule has 0 atom stereocenters. The third kappa shape index (κ3) is 4.09. The number of rotatable bonds is 5. The zero-order chi connectivity index (χ0) is 8.04. The van der Waals surface area contributed by atoms with Gasteiger partial charge in [0.25, 0.3) is 0 Å². The summed E-state index contributed by atoms with van der Waals surface area (Å²) in [5.74, 6) is 0. The topological polar surface area (TPSA) is 9.23 Å². The Hall–Kier alpha value is 0.400. The van der Waals surface area contributed by atoms with Gasteiger partial charge in [0, 0.05) is 0 Å². The van der Waals surface area contributed by atoms with Crippen LogP contribution >= 0.6 is 0 Å². The van der Waals surface area contributed by atoms with Crippen molar-refractivity contribution in [2.24, 2.45) is 0 Å². The summed E-state index contributed by atoms with van der Waals surface area (Å²) in [6.07, 6.45) is 1.19. The van der Waals surface area contributed by atoms with Crippen LogP contribution in [0.3, 0.4) is 0 Å². The van der Waals surface area contributed by atoms with Crippen molar-refractivity contribution in [1.29, 1.82) is 0 Å². The van der Waals surface area contributed by atoms with Gasteiger partial charge in [-0.15, -0.1) is 0 Å². The highest BCUT2D eigenvalue weighted by molar-refractivity contribution is 4.27. The molecule has 0 unspecified atom stereocenters.